The zero-order valence-electron chi connectivity index (χ0n) is 13.5. The van der Waals surface area contributed by atoms with Crippen molar-refractivity contribution in [3.8, 4) is 0 Å². The minimum Gasteiger partial charge on any atom is -0.397 e. The lowest BCUT2D eigenvalue weighted by Gasteiger charge is -2.27. The first-order valence-corrected chi connectivity index (χ1v) is 7.37. The van der Waals surface area contributed by atoms with E-state index >= 15 is 0 Å². The number of anilines is 2. The van der Waals surface area contributed by atoms with E-state index in [0.717, 1.165) is 18.5 Å². The second kappa shape index (κ2) is 8.64. The molecule has 118 valence electrons. The molecule has 1 aromatic carbocycles. The molecule has 1 unspecified atom stereocenters. The lowest BCUT2D eigenvalue weighted by atomic mass is 10.1. The fourth-order valence-corrected chi connectivity index (χ4v) is 2.15. The van der Waals surface area contributed by atoms with Crippen molar-refractivity contribution in [2.24, 2.45) is 0 Å². The molecule has 21 heavy (non-hydrogen) atoms. The Labute approximate surface area is 127 Å². The quantitative estimate of drug-likeness (QED) is 0.722. The number of benzene rings is 1. The van der Waals surface area contributed by atoms with E-state index in [1.165, 1.54) is 0 Å². The Morgan fingerprint density at radius 2 is 2.19 bits per heavy atom. The molecular weight excluding hydrogens is 266 g/mol. The number of amides is 1. The van der Waals surface area contributed by atoms with Crippen molar-refractivity contribution in [2.75, 3.05) is 37.9 Å². The fraction of sp³-hybridized carbons (Fsp3) is 0.562. The van der Waals surface area contributed by atoms with Crippen LogP contribution in [0.3, 0.4) is 0 Å². The average molecular weight is 293 g/mol. The molecule has 5 nitrogen and oxygen atoms in total. The van der Waals surface area contributed by atoms with Gasteiger partial charge in [0.05, 0.1) is 24.5 Å². The fourth-order valence-electron chi connectivity index (χ4n) is 2.15. The van der Waals surface area contributed by atoms with Crippen LogP contribution >= 0.6 is 0 Å². The molecule has 0 aliphatic rings. The molecule has 1 amide bonds. The Balaban J connectivity index is 2.69. The van der Waals surface area contributed by atoms with Crippen molar-refractivity contribution in [1.29, 1.82) is 0 Å². The zero-order chi connectivity index (χ0) is 15.8. The number of nitrogen functional groups attached to an aromatic ring is 1. The Morgan fingerprint density at radius 1 is 1.48 bits per heavy atom. The molecule has 1 atom stereocenters. The van der Waals surface area contributed by atoms with Crippen molar-refractivity contribution in [2.45, 2.75) is 33.2 Å². The first kappa shape index (κ1) is 17.5. The third-order valence-corrected chi connectivity index (χ3v) is 3.71. The lowest BCUT2D eigenvalue weighted by molar-refractivity contribution is -0.118. The van der Waals surface area contributed by atoms with Gasteiger partial charge in [-0.15, -0.1) is 0 Å². The Kier molecular flexibility index (Phi) is 7.19. The maximum absolute atomic E-state index is 12.3. The predicted octanol–water partition coefficient (Wildman–Crippen LogP) is 2.26. The van der Waals surface area contributed by atoms with Gasteiger partial charge in [-0.25, -0.2) is 0 Å². The first-order chi connectivity index (χ1) is 9.99. The number of carbonyl (C=O) groups is 1. The average Bonchev–Trinajstić information content (AvgIpc) is 2.46. The summed E-state index contributed by atoms with van der Waals surface area (Å²) in [6.07, 6.45) is 0.990. The lowest BCUT2D eigenvalue weighted by Crippen LogP contribution is -2.41. The molecule has 0 bridgehead atoms. The van der Waals surface area contributed by atoms with E-state index in [4.69, 9.17) is 10.5 Å². The molecule has 0 heterocycles. The van der Waals surface area contributed by atoms with E-state index in [2.05, 4.69) is 24.1 Å². The summed E-state index contributed by atoms with van der Waals surface area (Å²) >= 11 is 0. The molecule has 0 aliphatic heterocycles. The molecule has 0 spiro atoms. The largest absolute Gasteiger partial charge is 0.397 e. The topological polar surface area (TPSA) is 67.6 Å². The van der Waals surface area contributed by atoms with Gasteiger partial charge >= 0.3 is 0 Å². The Hall–Kier alpha value is -1.59. The van der Waals surface area contributed by atoms with Crippen LogP contribution in [0.2, 0.25) is 0 Å². The summed E-state index contributed by atoms with van der Waals surface area (Å²) in [6.45, 7) is 7.86. The molecule has 0 fully saturated rings. The predicted molar refractivity (Wildman–Crippen MR) is 87.4 cm³/mol. The Morgan fingerprint density at radius 3 is 2.76 bits per heavy atom. The van der Waals surface area contributed by atoms with Crippen LogP contribution in [0, 0.1) is 6.92 Å². The van der Waals surface area contributed by atoms with E-state index in [0.29, 0.717) is 30.6 Å². The number of methoxy groups -OCH3 is 1. The third-order valence-electron chi connectivity index (χ3n) is 3.71. The Bertz CT molecular complexity index is 443. The number of carbonyl (C=O) groups excluding carboxylic acids is 1. The highest BCUT2D eigenvalue weighted by Gasteiger charge is 2.16. The van der Waals surface area contributed by atoms with Gasteiger partial charge in [-0.05, 0) is 31.9 Å². The van der Waals surface area contributed by atoms with Gasteiger partial charge < -0.3 is 15.8 Å². The van der Waals surface area contributed by atoms with E-state index in [9.17, 15) is 4.79 Å². The molecule has 0 aliphatic carbocycles. The van der Waals surface area contributed by atoms with Crippen molar-refractivity contribution in [1.82, 2.24) is 4.90 Å². The smallest absolute Gasteiger partial charge is 0.238 e. The van der Waals surface area contributed by atoms with Gasteiger partial charge in [0.2, 0.25) is 5.91 Å². The molecule has 1 rings (SSSR count). The van der Waals surface area contributed by atoms with Gasteiger partial charge in [0.1, 0.15) is 0 Å². The van der Waals surface area contributed by atoms with Crippen LogP contribution in [0.25, 0.3) is 0 Å². The third kappa shape index (κ3) is 5.36. The maximum Gasteiger partial charge on any atom is 0.238 e. The molecule has 0 radical (unpaired) electrons. The summed E-state index contributed by atoms with van der Waals surface area (Å²) in [5.41, 5.74) is 8.19. The van der Waals surface area contributed by atoms with Crippen LogP contribution in [0.1, 0.15) is 25.8 Å². The molecule has 1 aromatic rings. The molecular formula is C16H27N3O2. The highest BCUT2D eigenvalue weighted by molar-refractivity contribution is 5.96. The molecule has 0 saturated carbocycles. The van der Waals surface area contributed by atoms with Gasteiger partial charge in [-0.3, -0.25) is 9.69 Å². The summed E-state index contributed by atoms with van der Waals surface area (Å²) in [5.74, 6) is -0.0487. The first-order valence-electron chi connectivity index (χ1n) is 7.37. The molecule has 3 N–H and O–H groups in total. The van der Waals surface area contributed by atoms with Crippen molar-refractivity contribution in [3.63, 3.8) is 0 Å². The van der Waals surface area contributed by atoms with Crippen molar-refractivity contribution < 1.29 is 9.53 Å². The van der Waals surface area contributed by atoms with Gasteiger partial charge in [0, 0.05) is 19.7 Å². The number of ether oxygens (including phenoxy) is 1. The number of para-hydroxylation sites is 1. The van der Waals surface area contributed by atoms with Gasteiger partial charge in [0.15, 0.2) is 0 Å². The second-order valence-corrected chi connectivity index (χ2v) is 5.31. The number of nitrogens with one attached hydrogen (secondary N) is 1. The SMILES string of the molecule is CCC(C)N(CCOC)CC(=O)Nc1c(C)cccc1N. The summed E-state index contributed by atoms with van der Waals surface area (Å²) in [4.78, 5) is 14.4. The minimum atomic E-state index is -0.0487. The maximum atomic E-state index is 12.3. The van der Waals surface area contributed by atoms with Gasteiger partial charge in [0.25, 0.3) is 0 Å². The van der Waals surface area contributed by atoms with E-state index in [-0.39, 0.29) is 5.91 Å². The van der Waals surface area contributed by atoms with E-state index in [1.807, 2.05) is 19.1 Å². The van der Waals surface area contributed by atoms with E-state index < -0.39 is 0 Å². The summed E-state index contributed by atoms with van der Waals surface area (Å²) in [6, 6.07) is 5.94. The normalized spacial score (nSPS) is 12.4. The number of rotatable bonds is 8. The zero-order valence-corrected chi connectivity index (χ0v) is 13.5. The molecule has 0 saturated heterocycles. The number of nitrogens with two attached hydrogens (primary N) is 1. The number of hydrogen-bond acceptors (Lipinski definition) is 4. The highest BCUT2D eigenvalue weighted by Crippen LogP contribution is 2.22. The van der Waals surface area contributed by atoms with Crippen molar-refractivity contribution >= 4 is 17.3 Å². The van der Waals surface area contributed by atoms with E-state index in [1.54, 1.807) is 13.2 Å². The van der Waals surface area contributed by atoms with Crippen LogP contribution in [-0.4, -0.2) is 43.7 Å². The van der Waals surface area contributed by atoms with Crippen LogP contribution in [-0.2, 0) is 9.53 Å². The van der Waals surface area contributed by atoms with Crippen molar-refractivity contribution in [3.05, 3.63) is 23.8 Å². The summed E-state index contributed by atoms with van der Waals surface area (Å²) < 4.78 is 5.11. The van der Waals surface area contributed by atoms with Crippen LogP contribution in [0.15, 0.2) is 18.2 Å². The van der Waals surface area contributed by atoms with Crippen LogP contribution < -0.4 is 11.1 Å². The number of nitrogens with zero attached hydrogens (tertiary/aromatic N) is 1. The summed E-state index contributed by atoms with van der Waals surface area (Å²) in [5, 5.41) is 2.92. The highest BCUT2D eigenvalue weighted by atomic mass is 16.5. The number of aryl methyl sites for hydroxylation is 1. The molecule has 0 aromatic heterocycles. The standard InChI is InChI=1S/C16H27N3O2/c1-5-13(3)19(9-10-21-4)11-15(20)18-16-12(2)7-6-8-14(16)17/h6-8,13H,5,9-11,17H2,1-4H3,(H,18,20). The minimum absolute atomic E-state index is 0.0487. The molecule has 5 heteroatoms. The summed E-state index contributed by atoms with van der Waals surface area (Å²) in [7, 11) is 1.67. The van der Waals surface area contributed by atoms with Crippen LogP contribution in [0.5, 0.6) is 0 Å². The number of hydrogen-bond donors (Lipinski definition) is 2. The van der Waals surface area contributed by atoms with Gasteiger partial charge in [-0.2, -0.15) is 0 Å². The van der Waals surface area contributed by atoms with Crippen LogP contribution in [0.4, 0.5) is 11.4 Å². The van der Waals surface area contributed by atoms with Gasteiger partial charge in [-0.1, -0.05) is 19.1 Å². The second-order valence-electron chi connectivity index (χ2n) is 5.31. The monoisotopic (exact) mass is 293 g/mol.